The Hall–Kier alpha value is -1.60. The molecule has 1 aliphatic heterocycles. The van der Waals surface area contributed by atoms with Gasteiger partial charge in [0.15, 0.2) is 5.11 Å². The average molecular weight is 402 g/mol. The maximum absolute atomic E-state index is 5.40. The van der Waals surface area contributed by atoms with Crippen LogP contribution in [0.5, 0.6) is 0 Å². The van der Waals surface area contributed by atoms with Gasteiger partial charge >= 0.3 is 0 Å². The Morgan fingerprint density at radius 2 is 1.85 bits per heavy atom. The smallest absolute Gasteiger partial charge is 0.170 e. The predicted octanol–water partition coefficient (Wildman–Crippen LogP) is 4.07. The third kappa shape index (κ3) is 6.50. The van der Waals surface area contributed by atoms with E-state index >= 15 is 0 Å². The second-order valence-electron chi connectivity index (χ2n) is 6.73. The summed E-state index contributed by atoms with van der Waals surface area (Å²) in [6.45, 7) is 9.76. The van der Waals surface area contributed by atoms with Crippen LogP contribution in [0.15, 0.2) is 52.3 Å². The van der Waals surface area contributed by atoms with Gasteiger partial charge in [-0.15, -0.1) is 0 Å². The monoisotopic (exact) mass is 401 g/mol. The number of thiocarbonyl (C=S) groups is 1. The SMILES string of the molecule is Cc1ccc(C)c(Sc2ccc(NC(=S)NCCN3CCOCC3)cc2)c1. The van der Waals surface area contributed by atoms with E-state index in [1.165, 1.54) is 20.9 Å². The molecule has 4 nitrogen and oxygen atoms in total. The van der Waals surface area contributed by atoms with Crippen molar-refractivity contribution in [3.63, 3.8) is 0 Å². The average Bonchev–Trinajstić information content (AvgIpc) is 2.67. The van der Waals surface area contributed by atoms with E-state index in [0.717, 1.165) is 45.1 Å². The lowest BCUT2D eigenvalue weighted by molar-refractivity contribution is 0.0389. The molecule has 1 saturated heterocycles. The first-order valence-electron chi connectivity index (χ1n) is 9.30. The maximum Gasteiger partial charge on any atom is 0.170 e. The number of nitrogens with zero attached hydrogens (tertiary/aromatic N) is 1. The van der Waals surface area contributed by atoms with Gasteiger partial charge in [-0.05, 0) is 67.5 Å². The lowest BCUT2D eigenvalue weighted by Gasteiger charge is -2.26. The highest BCUT2D eigenvalue weighted by atomic mass is 32.2. The summed E-state index contributed by atoms with van der Waals surface area (Å²) < 4.78 is 5.36. The van der Waals surface area contributed by atoms with Gasteiger partial charge in [-0.1, -0.05) is 23.9 Å². The van der Waals surface area contributed by atoms with Gasteiger partial charge in [0.1, 0.15) is 0 Å². The second-order valence-corrected chi connectivity index (χ2v) is 8.25. The Balaban J connectivity index is 1.45. The van der Waals surface area contributed by atoms with E-state index in [9.17, 15) is 0 Å². The summed E-state index contributed by atoms with van der Waals surface area (Å²) >= 11 is 7.20. The van der Waals surface area contributed by atoms with Crippen molar-refractivity contribution in [2.45, 2.75) is 23.6 Å². The third-order valence-corrected chi connectivity index (χ3v) is 5.91. The molecule has 0 atom stereocenters. The molecule has 3 rings (SSSR count). The fourth-order valence-corrected chi connectivity index (χ4v) is 4.10. The van der Waals surface area contributed by atoms with E-state index in [0.29, 0.717) is 5.11 Å². The first kappa shape index (κ1) is 20.1. The van der Waals surface area contributed by atoms with E-state index in [1.807, 2.05) is 0 Å². The summed E-state index contributed by atoms with van der Waals surface area (Å²) in [6.07, 6.45) is 0. The van der Waals surface area contributed by atoms with Crippen LogP contribution in [0, 0.1) is 13.8 Å². The minimum atomic E-state index is 0.665. The molecule has 0 aromatic heterocycles. The van der Waals surface area contributed by atoms with Crippen LogP contribution < -0.4 is 10.6 Å². The molecule has 1 heterocycles. The van der Waals surface area contributed by atoms with Gasteiger partial charge in [-0.2, -0.15) is 0 Å². The molecule has 144 valence electrons. The maximum atomic E-state index is 5.40. The van der Waals surface area contributed by atoms with Crippen molar-refractivity contribution >= 4 is 34.8 Å². The summed E-state index contributed by atoms with van der Waals surface area (Å²) in [5.41, 5.74) is 3.59. The fourth-order valence-electron chi connectivity index (χ4n) is 2.88. The summed E-state index contributed by atoms with van der Waals surface area (Å²) in [7, 11) is 0. The molecule has 2 N–H and O–H groups in total. The lowest BCUT2D eigenvalue weighted by atomic mass is 10.2. The molecule has 0 spiro atoms. The van der Waals surface area contributed by atoms with Crippen molar-refractivity contribution < 1.29 is 4.74 Å². The summed E-state index contributed by atoms with van der Waals surface area (Å²) in [5.74, 6) is 0. The number of anilines is 1. The van der Waals surface area contributed by atoms with E-state index in [4.69, 9.17) is 17.0 Å². The Bertz CT molecular complexity index is 759. The van der Waals surface area contributed by atoms with Gasteiger partial charge in [0.25, 0.3) is 0 Å². The van der Waals surface area contributed by atoms with Crippen LogP contribution >= 0.6 is 24.0 Å². The van der Waals surface area contributed by atoms with E-state index in [1.54, 1.807) is 11.8 Å². The van der Waals surface area contributed by atoms with Crippen LogP contribution in [0.1, 0.15) is 11.1 Å². The zero-order chi connectivity index (χ0) is 19.1. The van der Waals surface area contributed by atoms with Crippen LogP contribution in [0.4, 0.5) is 5.69 Å². The van der Waals surface area contributed by atoms with E-state index in [-0.39, 0.29) is 0 Å². The van der Waals surface area contributed by atoms with Crippen LogP contribution in [0.25, 0.3) is 0 Å². The van der Waals surface area contributed by atoms with Gasteiger partial charge in [0.05, 0.1) is 13.2 Å². The van der Waals surface area contributed by atoms with Crippen LogP contribution in [-0.2, 0) is 4.74 Å². The molecule has 27 heavy (non-hydrogen) atoms. The number of morpholine rings is 1. The first-order chi connectivity index (χ1) is 13.1. The quantitative estimate of drug-likeness (QED) is 0.711. The molecule has 1 aliphatic rings. The van der Waals surface area contributed by atoms with Gasteiger partial charge in [0.2, 0.25) is 0 Å². The van der Waals surface area contributed by atoms with Crippen molar-refractivity contribution in [2.75, 3.05) is 44.7 Å². The highest BCUT2D eigenvalue weighted by Crippen LogP contribution is 2.31. The summed E-state index contributed by atoms with van der Waals surface area (Å²) in [5, 5.41) is 7.20. The van der Waals surface area contributed by atoms with Crippen LogP contribution in [-0.4, -0.2) is 49.4 Å². The number of aryl methyl sites for hydroxylation is 2. The molecule has 0 saturated carbocycles. The molecule has 2 aromatic rings. The van der Waals surface area contributed by atoms with Crippen molar-refractivity contribution in [3.8, 4) is 0 Å². The Morgan fingerprint density at radius 3 is 2.59 bits per heavy atom. The number of hydrogen-bond donors (Lipinski definition) is 2. The van der Waals surface area contributed by atoms with Crippen molar-refractivity contribution in [3.05, 3.63) is 53.6 Å². The molecular weight excluding hydrogens is 374 g/mol. The largest absolute Gasteiger partial charge is 0.379 e. The highest BCUT2D eigenvalue weighted by Gasteiger charge is 2.09. The zero-order valence-electron chi connectivity index (χ0n) is 16.0. The molecule has 0 bridgehead atoms. The number of benzene rings is 2. The molecule has 0 radical (unpaired) electrons. The first-order valence-corrected chi connectivity index (χ1v) is 10.5. The topological polar surface area (TPSA) is 36.5 Å². The molecule has 0 amide bonds. The summed E-state index contributed by atoms with van der Waals surface area (Å²) in [4.78, 5) is 4.91. The fraction of sp³-hybridized carbons (Fsp3) is 0.381. The Labute approximate surface area is 171 Å². The molecule has 6 heteroatoms. The second kappa shape index (κ2) is 10.1. The normalized spacial score (nSPS) is 14.7. The molecule has 0 aliphatic carbocycles. The highest BCUT2D eigenvalue weighted by molar-refractivity contribution is 7.99. The third-order valence-electron chi connectivity index (χ3n) is 4.50. The van der Waals surface area contributed by atoms with E-state index in [2.05, 4.69) is 71.8 Å². The lowest BCUT2D eigenvalue weighted by Crippen LogP contribution is -2.42. The Kier molecular flexibility index (Phi) is 7.52. The van der Waals surface area contributed by atoms with Crippen LogP contribution in [0.3, 0.4) is 0 Å². The minimum Gasteiger partial charge on any atom is -0.379 e. The number of hydrogen-bond acceptors (Lipinski definition) is 4. The predicted molar refractivity (Wildman–Crippen MR) is 118 cm³/mol. The molecule has 0 unspecified atom stereocenters. The molecule has 2 aromatic carbocycles. The van der Waals surface area contributed by atoms with Crippen molar-refractivity contribution in [2.24, 2.45) is 0 Å². The summed E-state index contributed by atoms with van der Waals surface area (Å²) in [6, 6.07) is 15.0. The molecule has 1 fully saturated rings. The standard InChI is InChI=1S/C21H27N3OS2/c1-16-3-4-17(2)20(15-16)27-19-7-5-18(6-8-19)23-21(26)22-9-10-24-11-13-25-14-12-24/h3-8,15H,9-14H2,1-2H3,(H2,22,23,26). The van der Waals surface area contributed by atoms with Gasteiger partial charge in [0, 0.05) is 41.7 Å². The van der Waals surface area contributed by atoms with Gasteiger partial charge in [-0.3, -0.25) is 4.90 Å². The van der Waals surface area contributed by atoms with Gasteiger partial charge in [-0.25, -0.2) is 0 Å². The van der Waals surface area contributed by atoms with Crippen LogP contribution in [0.2, 0.25) is 0 Å². The number of nitrogens with one attached hydrogen (secondary N) is 2. The Morgan fingerprint density at radius 1 is 1.11 bits per heavy atom. The molecular formula is C21H27N3OS2. The number of ether oxygens (including phenoxy) is 1. The van der Waals surface area contributed by atoms with Gasteiger partial charge < -0.3 is 15.4 Å². The minimum absolute atomic E-state index is 0.665. The number of rotatable bonds is 6. The van der Waals surface area contributed by atoms with Crippen molar-refractivity contribution in [1.29, 1.82) is 0 Å². The zero-order valence-corrected chi connectivity index (χ0v) is 17.6. The van der Waals surface area contributed by atoms with Crippen molar-refractivity contribution in [1.82, 2.24) is 10.2 Å². The van der Waals surface area contributed by atoms with E-state index < -0.39 is 0 Å².